The molecule has 0 N–H and O–H groups in total. The summed E-state index contributed by atoms with van der Waals surface area (Å²) in [5, 5.41) is 20.7. The molecule has 0 aliphatic carbocycles. The number of carbonyl (C=O) groups is 4. The van der Waals surface area contributed by atoms with Crippen molar-refractivity contribution in [1.29, 1.82) is 0 Å². The third kappa shape index (κ3) is 15.5. The predicted octanol–water partition coefficient (Wildman–Crippen LogP) is 0.252. The monoisotopic (exact) mass is 766 g/mol. The topological polar surface area (TPSA) is 207 Å². The third-order valence-corrected chi connectivity index (χ3v) is 6.71. The smallest absolute Gasteiger partial charge is 0.635 e. The van der Waals surface area contributed by atoms with E-state index in [1.807, 2.05) is 17.0 Å². The van der Waals surface area contributed by atoms with Gasteiger partial charge >= 0.3 is 81.4 Å². The van der Waals surface area contributed by atoms with Gasteiger partial charge in [0.1, 0.15) is 11.1 Å². The maximum atomic E-state index is 11.3. The van der Waals surface area contributed by atoms with Crippen LogP contribution in [0.5, 0.6) is 11.5 Å². The minimum Gasteiger partial charge on any atom is -0.635 e. The summed E-state index contributed by atoms with van der Waals surface area (Å²) in [6.45, 7) is 5.74. The number of halogens is 6. The van der Waals surface area contributed by atoms with Gasteiger partial charge in [-0.05, 0) is 53.3 Å². The van der Waals surface area contributed by atoms with E-state index >= 15 is 0 Å². The molecule has 0 spiro atoms. The molecule has 0 unspecified atom stereocenters. The second-order valence-corrected chi connectivity index (χ2v) is 9.89. The zero-order valence-corrected chi connectivity index (χ0v) is 30.7. The van der Waals surface area contributed by atoms with Crippen molar-refractivity contribution in [2.24, 2.45) is 5.34 Å². The van der Waals surface area contributed by atoms with E-state index in [-0.39, 0.29) is 74.6 Å². The van der Waals surface area contributed by atoms with Crippen LogP contribution in [0.15, 0.2) is 35.7 Å². The minimum atomic E-state index is -5.62. The summed E-state index contributed by atoms with van der Waals surface area (Å²) >= 11 is 0. The average molecular weight is 767 g/mol. The van der Waals surface area contributed by atoms with E-state index in [2.05, 4.69) is 15.8 Å². The first-order valence-corrected chi connectivity index (χ1v) is 13.7. The molecule has 0 bridgehead atoms. The predicted molar refractivity (Wildman–Crippen MR) is 152 cm³/mol. The number of carbonyl (C=O) groups excluding carboxylic acids is 4. The molecule has 0 atom stereocenters. The Bertz CT molecular complexity index is 1540. The molecule has 2 aromatic carbocycles. The molecule has 0 fully saturated rings. The number of rotatable bonds is 4. The summed E-state index contributed by atoms with van der Waals surface area (Å²) < 4.78 is 79.9. The van der Waals surface area contributed by atoms with Gasteiger partial charge in [0.05, 0.1) is 19.1 Å². The number of esters is 2. The van der Waals surface area contributed by atoms with E-state index in [4.69, 9.17) is 19.6 Å². The standard InChI is InChI=1S/C12H14N2O4.C12H15NO2.C4F6O3.K.HNO3/c1-8(15)13-4-3-9-6-12(18-2)11(14(16)17)5-10(9)7-13;1-9(14)13-6-5-10-7-12(15-2)4-3-11(10)8-13;5-3(6,7)1(11)13-2(12)4(8,9)10;;2-1-4-3/h5-6H,3-4,7H2,1-2H3;3-4,7H,5-6,8H2,1-2H3;;;3H/q;;;+1;/p-1. The van der Waals surface area contributed by atoms with Crippen molar-refractivity contribution in [3.05, 3.63) is 67.6 Å². The van der Waals surface area contributed by atoms with E-state index in [0.717, 1.165) is 36.4 Å². The van der Waals surface area contributed by atoms with E-state index in [1.54, 1.807) is 25.0 Å². The number of ether oxygens (including phenoxy) is 3. The molecule has 4 rings (SSSR count). The average Bonchev–Trinajstić information content (AvgIpc) is 3.06. The first kappa shape index (κ1) is 47.1. The second-order valence-electron chi connectivity index (χ2n) is 9.89. The molecule has 2 heterocycles. The fourth-order valence-electron chi connectivity index (χ4n) is 4.27. The van der Waals surface area contributed by atoms with Crippen LogP contribution >= 0.6 is 0 Å². The fourth-order valence-corrected chi connectivity index (χ4v) is 4.27. The van der Waals surface area contributed by atoms with Gasteiger partial charge < -0.3 is 34.3 Å². The van der Waals surface area contributed by atoms with E-state index in [9.17, 15) is 55.6 Å². The number of amides is 2. The molecule has 0 radical (unpaired) electrons. The third-order valence-electron chi connectivity index (χ3n) is 6.71. The van der Waals surface area contributed by atoms with Crippen molar-refractivity contribution in [2.45, 2.75) is 52.1 Å². The van der Waals surface area contributed by atoms with Crippen LogP contribution in [-0.4, -0.2) is 78.1 Å². The van der Waals surface area contributed by atoms with Crippen molar-refractivity contribution in [1.82, 2.24) is 9.80 Å². The Kier molecular flexibility index (Phi) is 19.8. The molecule has 276 valence electrons. The van der Waals surface area contributed by atoms with Gasteiger partial charge in [0.15, 0.2) is 5.75 Å². The molecule has 2 amide bonds. The van der Waals surface area contributed by atoms with Crippen LogP contribution in [0.1, 0.15) is 36.1 Å². The Morgan fingerprint density at radius 2 is 1.24 bits per heavy atom. The normalized spacial score (nSPS) is 12.8. The number of benzene rings is 2. The molecule has 0 aromatic heterocycles. The molecule has 2 aliphatic heterocycles. The molecule has 16 nitrogen and oxygen atoms in total. The van der Waals surface area contributed by atoms with Crippen molar-refractivity contribution >= 4 is 29.4 Å². The summed E-state index contributed by atoms with van der Waals surface area (Å²) in [5.41, 5.74) is 4.31. The number of nitrogens with zero attached hydrogens (tertiary/aromatic N) is 4. The molecular formula is C28H29F6KN4O12. The van der Waals surface area contributed by atoms with Crippen molar-refractivity contribution in [3.8, 4) is 11.5 Å². The summed E-state index contributed by atoms with van der Waals surface area (Å²) in [5.74, 6) is -5.10. The Labute approximate surface area is 327 Å². The largest absolute Gasteiger partial charge is 1.00 e. The van der Waals surface area contributed by atoms with Crippen molar-refractivity contribution in [3.63, 3.8) is 0 Å². The summed E-state index contributed by atoms with van der Waals surface area (Å²) in [7, 11) is 3.09. The summed E-state index contributed by atoms with van der Waals surface area (Å²) in [6, 6.07) is 9.26. The molecule has 2 aromatic rings. The fraction of sp³-hybridized carbons (Fsp3) is 0.429. The van der Waals surface area contributed by atoms with Gasteiger partial charge in [-0.2, -0.15) is 26.3 Å². The van der Waals surface area contributed by atoms with Crippen LogP contribution in [0.25, 0.3) is 0 Å². The first-order chi connectivity index (χ1) is 23.2. The Morgan fingerprint density at radius 1 is 0.784 bits per heavy atom. The van der Waals surface area contributed by atoms with Crippen LogP contribution in [0.2, 0.25) is 0 Å². The first-order valence-electron chi connectivity index (χ1n) is 13.7. The molecular weight excluding hydrogens is 737 g/mol. The van der Waals surface area contributed by atoms with Crippen molar-refractivity contribution in [2.75, 3.05) is 27.3 Å². The number of methoxy groups -OCH3 is 2. The SMILES string of the molecule is COc1cc2c(cc1[N+](=O)[O-])CN(C(C)=O)CC2.COc1ccc2c(c1)CCN(C(C)=O)C2.O=C(OC(=O)C(F)(F)F)C(F)(F)F.O=NO[O-].[K+]. The van der Waals surface area contributed by atoms with Crippen LogP contribution in [0, 0.1) is 15.0 Å². The van der Waals surface area contributed by atoms with Gasteiger partial charge in [-0.25, -0.2) is 9.59 Å². The van der Waals surface area contributed by atoms with Gasteiger partial charge in [0.25, 0.3) is 0 Å². The van der Waals surface area contributed by atoms with Crippen LogP contribution < -0.4 is 66.1 Å². The molecule has 0 saturated carbocycles. The maximum Gasteiger partial charge on any atom is 1.00 e. The molecule has 0 saturated heterocycles. The Balaban J connectivity index is 0.000000700. The van der Waals surface area contributed by atoms with E-state index < -0.39 is 29.2 Å². The summed E-state index contributed by atoms with van der Waals surface area (Å²) in [4.78, 5) is 66.6. The molecule has 23 heteroatoms. The molecule has 2 aliphatic rings. The van der Waals surface area contributed by atoms with Crippen LogP contribution in [-0.2, 0) is 54.8 Å². The van der Waals surface area contributed by atoms with Gasteiger partial charge in [0, 0.05) is 46.1 Å². The Morgan fingerprint density at radius 3 is 1.61 bits per heavy atom. The van der Waals surface area contributed by atoms with Gasteiger partial charge in [-0.1, -0.05) is 6.07 Å². The summed E-state index contributed by atoms with van der Waals surface area (Å²) in [6.07, 6.45) is -9.63. The minimum absolute atomic E-state index is 0. The van der Waals surface area contributed by atoms with Gasteiger partial charge in [-0.15, -0.1) is 4.91 Å². The van der Waals surface area contributed by atoms with Gasteiger partial charge in [-0.3, -0.25) is 19.7 Å². The van der Waals surface area contributed by atoms with Crippen LogP contribution in [0.4, 0.5) is 32.0 Å². The van der Waals surface area contributed by atoms with Crippen molar-refractivity contribution < 1.29 is 126 Å². The Hall–Kier alpha value is -3.90. The number of fused-ring (bicyclic) bond motifs is 2. The van der Waals surface area contributed by atoms with E-state index in [1.165, 1.54) is 36.6 Å². The number of hydrogen-bond acceptors (Lipinski definition) is 13. The second kappa shape index (κ2) is 21.5. The molecule has 51 heavy (non-hydrogen) atoms. The number of nitro groups is 1. The quantitative estimate of drug-likeness (QED) is 0.0600. The zero-order chi connectivity index (χ0) is 38.4. The van der Waals surface area contributed by atoms with Crippen LogP contribution in [0.3, 0.4) is 0 Å². The number of hydrogen-bond donors (Lipinski definition) is 0. The number of alkyl halides is 6. The van der Waals surface area contributed by atoms with E-state index in [0.29, 0.717) is 19.5 Å². The zero-order valence-electron chi connectivity index (χ0n) is 27.6. The maximum absolute atomic E-state index is 11.3. The number of nitro benzene ring substituents is 1. The van der Waals surface area contributed by atoms with Gasteiger partial charge in [0.2, 0.25) is 11.8 Å².